The van der Waals surface area contributed by atoms with Crippen LogP contribution in [0.1, 0.15) is 46.3 Å². The summed E-state index contributed by atoms with van der Waals surface area (Å²) in [6.45, 7) is 3.18. The van der Waals surface area contributed by atoms with E-state index in [-0.39, 0.29) is 17.3 Å². The molecule has 2 N–H and O–H groups in total. The zero-order chi connectivity index (χ0) is 17.3. The van der Waals surface area contributed by atoms with Gasteiger partial charge in [-0.05, 0) is 44.5 Å². The van der Waals surface area contributed by atoms with Gasteiger partial charge in [-0.15, -0.1) is 0 Å². The number of nitrogens with two attached hydrogens (primary N) is 1. The number of benzene rings is 1. The molecule has 1 fully saturated rings. The minimum Gasteiger partial charge on any atom is -0.465 e. The van der Waals surface area contributed by atoms with Gasteiger partial charge in [-0.25, -0.2) is 0 Å². The fraction of sp³-hybridized carbons (Fsp3) is 0.353. The van der Waals surface area contributed by atoms with E-state index in [1.165, 1.54) is 12.1 Å². The number of likely N-dealkylation sites (tertiary alicyclic amines) is 1. The SMILES string of the molecule is Cc1ccc(C2CCCN2Cc2ccc(C(N)=O)cc2[N+](=O)[O-])o1. The van der Waals surface area contributed by atoms with Gasteiger partial charge in [0.1, 0.15) is 11.5 Å². The Bertz CT molecular complexity index is 784. The lowest BCUT2D eigenvalue weighted by atomic mass is 10.1. The van der Waals surface area contributed by atoms with Gasteiger partial charge in [0.05, 0.1) is 11.0 Å². The predicted molar refractivity (Wildman–Crippen MR) is 87.4 cm³/mol. The molecule has 126 valence electrons. The smallest absolute Gasteiger partial charge is 0.274 e. The van der Waals surface area contributed by atoms with Crippen LogP contribution in [0, 0.1) is 17.0 Å². The maximum atomic E-state index is 11.3. The maximum Gasteiger partial charge on any atom is 0.274 e. The number of furan rings is 1. The number of hydrogen-bond donors (Lipinski definition) is 1. The number of amides is 1. The highest BCUT2D eigenvalue weighted by Gasteiger charge is 2.30. The molecule has 1 aromatic heterocycles. The molecule has 7 heteroatoms. The normalized spacial score (nSPS) is 18.0. The largest absolute Gasteiger partial charge is 0.465 e. The summed E-state index contributed by atoms with van der Waals surface area (Å²) in [4.78, 5) is 24.3. The van der Waals surface area contributed by atoms with Crippen LogP contribution in [0.5, 0.6) is 0 Å². The molecular formula is C17H19N3O4. The second-order valence-electron chi connectivity index (χ2n) is 6.04. The van der Waals surface area contributed by atoms with E-state index in [1.807, 2.05) is 19.1 Å². The van der Waals surface area contributed by atoms with Gasteiger partial charge in [0.15, 0.2) is 0 Å². The highest BCUT2D eigenvalue weighted by Crippen LogP contribution is 2.35. The van der Waals surface area contributed by atoms with Crippen molar-refractivity contribution in [3.8, 4) is 0 Å². The number of rotatable bonds is 5. The molecule has 2 aromatic rings. The van der Waals surface area contributed by atoms with E-state index in [9.17, 15) is 14.9 Å². The summed E-state index contributed by atoms with van der Waals surface area (Å²) in [5.74, 6) is 1.07. The fourth-order valence-electron chi connectivity index (χ4n) is 3.21. The third-order valence-corrected chi connectivity index (χ3v) is 4.39. The molecule has 2 heterocycles. The fourth-order valence-corrected chi connectivity index (χ4v) is 3.21. The summed E-state index contributed by atoms with van der Waals surface area (Å²) < 4.78 is 5.73. The van der Waals surface area contributed by atoms with E-state index >= 15 is 0 Å². The number of carbonyl (C=O) groups excluding carboxylic acids is 1. The Labute approximate surface area is 139 Å². The third-order valence-electron chi connectivity index (χ3n) is 4.39. The number of hydrogen-bond acceptors (Lipinski definition) is 5. The van der Waals surface area contributed by atoms with E-state index in [2.05, 4.69) is 4.90 Å². The van der Waals surface area contributed by atoms with Gasteiger partial charge in [-0.2, -0.15) is 0 Å². The van der Waals surface area contributed by atoms with Gasteiger partial charge in [0.2, 0.25) is 5.91 Å². The number of nitrogens with zero attached hydrogens (tertiary/aromatic N) is 2. The molecule has 1 aromatic carbocycles. The average Bonchev–Trinajstić information content (AvgIpc) is 3.15. The van der Waals surface area contributed by atoms with Crippen LogP contribution >= 0.6 is 0 Å². The van der Waals surface area contributed by atoms with Gasteiger partial charge in [-0.1, -0.05) is 6.07 Å². The topological polar surface area (TPSA) is 103 Å². The summed E-state index contributed by atoms with van der Waals surface area (Å²) in [5, 5.41) is 11.3. The van der Waals surface area contributed by atoms with Gasteiger partial charge in [0, 0.05) is 23.7 Å². The number of aryl methyl sites for hydroxylation is 1. The summed E-state index contributed by atoms with van der Waals surface area (Å²) in [7, 11) is 0. The molecule has 1 aliphatic rings. The van der Waals surface area contributed by atoms with Crippen LogP contribution < -0.4 is 5.73 Å². The molecule has 1 amide bonds. The predicted octanol–water partition coefficient (Wildman–Crippen LogP) is 2.93. The molecular weight excluding hydrogens is 310 g/mol. The Morgan fingerprint density at radius 2 is 2.21 bits per heavy atom. The molecule has 0 saturated carbocycles. The van der Waals surface area contributed by atoms with Crippen molar-refractivity contribution in [3.05, 3.63) is 63.1 Å². The molecule has 1 atom stereocenters. The molecule has 3 rings (SSSR count). The first-order valence-corrected chi connectivity index (χ1v) is 7.83. The van der Waals surface area contributed by atoms with Crippen molar-refractivity contribution in [2.45, 2.75) is 32.4 Å². The second kappa shape index (κ2) is 6.45. The molecule has 7 nitrogen and oxygen atoms in total. The first kappa shape index (κ1) is 16.2. The van der Waals surface area contributed by atoms with Gasteiger partial charge in [0.25, 0.3) is 5.69 Å². The zero-order valence-corrected chi connectivity index (χ0v) is 13.4. The number of nitro groups is 1. The van der Waals surface area contributed by atoms with Crippen molar-refractivity contribution in [2.24, 2.45) is 5.73 Å². The molecule has 0 bridgehead atoms. The lowest BCUT2D eigenvalue weighted by molar-refractivity contribution is -0.385. The molecule has 0 spiro atoms. The van der Waals surface area contributed by atoms with Crippen LogP contribution in [-0.2, 0) is 6.54 Å². The first-order valence-electron chi connectivity index (χ1n) is 7.83. The van der Waals surface area contributed by atoms with Crippen LogP contribution in [0.2, 0.25) is 0 Å². The summed E-state index contributed by atoms with van der Waals surface area (Å²) in [5.41, 5.74) is 5.85. The zero-order valence-electron chi connectivity index (χ0n) is 13.4. The summed E-state index contributed by atoms with van der Waals surface area (Å²) in [6.07, 6.45) is 1.97. The van der Waals surface area contributed by atoms with Gasteiger partial charge >= 0.3 is 0 Å². The van der Waals surface area contributed by atoms with E-state index in [0.29, 0.717) is 12.1 Å². The highest BCUT2D eigenvalue weighted by molar-refractivity contribution is 5.93. The quantitative estimate of drug-likeness (QED) is 0.671. The average molecular weight is 329 g/mol. The van der Waals surface area contributed by atoms with E-state index in [0.717, 1.165) is 30.9 Å². The van der Waals surface area contributed by atoms with Crippen molar-refractivity contribution < 1.29 is 14.1 Å². The van der Waals surface area contributed by atoms with Gasteiger partial charge in [-0.3, -0.25) is 19.8 Å². The molecule has 1 aliphatic heterocycles. The van der Waals surface area contributed by atoms with Crippen LogP contribution in [0.3, 0.4) is 0 Å². The summed E-state index contributed by atoms with van der Waals surface area (Å²) >= 11 is 0. The van der Waals surface area contributed by atoms with E-state index in [4.69, 9.17) is 10.2 Å². The Balaban J connectivity index is 1.87. The molecule has 1 unspecified atom stereocenters. The number of primary amides is 1. The highest BCUT2D eigenvalue weighted by atomic mass is 16.6. The van der Waals surface area contributed by atoms with Crippen molar-refractivity contribution in [3.63, 3.8) is 0 Å². The van der Waals surface area contributed by atoms with Gasteiger partial charge < -0.3 is 10.2 Å². The monoisotopic (exact) mass is 329 g/mol. The Morgan fingerprint density at radius 1 is 1.42 bits per heavy atom. The maximum absolute atomic E-state index is 11.3. The molecule has 0 aliphatic carbocycles. The lowest BCUT2D eigenvalue weighted by Crippen LogP contribution is -2.23. The lowest BCUT2D eigenvalue weighted by Gasteiger charge is -2.22. The van der Waals surface area contributed by atoms with Crippen LogP contribution in [0.4, 0.5) is 5.69 Å². The molecule has 24 heavy (non-hydrogen) atoms. The molecule has 0 radical (unpaired) electrons. The van der Waals surface area contributed by atoms with Crippen molar-refractivity contribution in [1.82, 2.24) is 4.90 Å². The Morgan fingerprint density at radius 3 is 2.83 bits per heavy atom. The Hall–Kier alpha value is -2.67. The Kier molecular flexibility index (Phi) is 4.35. The van der Waals surface area contributed by atoms with Crippen LogP contribution in [0.25, 0.3) is 0 Å². The van der Waals surface area contributed by atoms with Crippen LogP contribution in [0.15, 0.2) is 34.7 Å². The first-order chi connectivity index (χ1) is 11.5. The number of carbonyl (C=O) groups is 1. The third kappa shape index (κ3) is 3.16. The van der Waals surface area contributed by atoms with E-state index in [1.54, 1.807) is 6.07 Å². The minimum absolute atomic E-state index is 0.0763. The van der Waals surface area contributed by atoms with Crippen LogP contribution in [-0.4, -0.2) is 22.3 Å². The number of nitro benzene ring substituents is 1. The second-order valence-corrected chi connectivity index (χ2v) is 6.04. The van der Waals surface area contributed by atoms with Crippen molar-refractivity contribution in [2.75, 3.05) is 6.54 Å². The molecule has 1 saturated heterocycles. The standard InChI is InChI=1S/C17H19N3O4/c1-11-4-7-16(24-11)14-3-2-8-19(14)10-13-6-5-12(17(18)21)9-15(13)20(22)23/h4-7,9,14H,2-3,8,10H2,1H3,(H2,18,21). The van der Waals surface area contributed by atoms with Crippen molar-refractivity contribution >= 4 is 11.6 Å². The van der Waals surface area contributed by atoms with Crippen molar-refractivity contribution in [1.29, 1.82) is 0 Å². The minimum atomic E-state index is -0.672. The van der Waals surface area contributed by atoms with E-state index < -0.39 is 10.8 Å². The summed E-state index contributed by atoms with van der Waals surface area (Å²) in [6, 6.07) is 8.40.